The summed E-state index contributed by atoms with van der Waals surface area (Å²) in [5.74, 6) is -1.20. The molecule has 0 aliphatic carbocycles. The molecule has 2 heterocycles. The minimum Gasteiger partial charge on any atom is -0.458 e. The molecule has 0 bridgehead atoms. The number of hydrogen-bond donors (Lipinski definition) is 1. The zero-order chi connectivity index (χ0) is 21.7. The summed E-state index contributed by atoms with van der Waals surface area (Å²) < 4.78 is 19.3. The number of carbonyl (C=O) groups excluding carboxylic acids is 2. The average Bonchev–Trinajstić information content (AvgIpc) is 3.16. The number of amides is 1. The molecule has 1 atom stereocenters. The van der Waals surface area contributed by atoms with E-state index >= 15 is 0 Å². The van der Waals surface area contributed by atoms with Gasteiger partial charge in [0.2, 0.25) is 10.9 Å². The summed E-state index contributed by atoms with van der Waals surface area (Å²) in [5, 5.41) is 6.98. The monoisotopic (exact) mass is 450 g/mol. The normalized spacial score (nSPS) is 12.0. The molecule has 1 amide bonds. The van der Waals surface area contributed by atoms with Crippen LogP contribution in [-0.4, -0.2) is 37.5 Å². The number of nitrogens with one attached hydrogen (secondary N) is 1. The largest absolute Gasteiger partial charge is 0.458 e. The summed E-state index contributed by atoms with van der Waals surface area (Å²) in [6.07, 6.45) is 0.696. The molecule has 0 aliphatic rings. The van der Waals surface area contributed by atoms with Gasteiger partial charge in [0.25, 0.3) is 5.56 Å². The van der Waals surface area contributed by atoms with E-state index in [0.29, 0.717) is 22.8 Å². The molecule has 0 fully saturated rings. The van der Waals surface area contributed by atoms with Gasteiger partial charge in [-0.15, -0.1) is 11.8 Å². The van der Waals surface area contributed by atoms with Crippen molar-refractivity contribution in [2.24, 2.45) is 0 Å². The highest BCUT2D eigenvalue weighted by Gasteiger charge is 2.18. The Bertz CT molecular complexity index is 1110. The first-order valence-corrected chi connectivity index (χ1v) is 10.9. The maximum Gasteiger partial charge on any atom is 0.319 e. The van der Waals surface area contributed by atoms with Crippen molar-refractivity contribution in [1.29, 1.82) is 0 Å². The molecule has 2 aromatic heterocycles. The van der Waals surface area contributed by atoms with Crippen LogP contribution in [0.25, 0.3) is 4.96 Å². The van der Waals surface area contributed by atoms with Crippen LogP contribution in [0.15, 0.2) is 35.1 Å². The van der Waals surface area contributed by atoms with Crippen molar-refractivity contribution in [2.45, 2.75) is 32.1 Å². The fourth-order valence-corrected chi connectivity index (χ4v) is 3.91. The Morgan fingerprint density at radius 2 is 2.07 bits per heavy atom. The van der Waals surface area contributed by atoms with E-state index < -0.39 is 17.0 Å². The standard InChI is InChI=1S/C19H19FN4O4S2/c1-3-16-23-24-17(26)8-14(22-19(24)30-16)9-28-18(27)11(2)29-10-15(25)21-13-6-4-12(20)5-7-13/h4-8,11H,3,9-10H2,1-2H3,(H,21,25). The molecule has 3 aromatic rings. The number of nitrogens with zero attached hydrogens (tertiary/aromatic N) is 3. The summed E-state index contributed by atoms with van der Waals surface area (Å²) in [4.78, 5) is 41.0. The van der Waals surface area contributed by atoms with Crippen molar-refractivity contribution >= 4 is 45.6 Å². The van der Waals surface area contributed by atoms with Crippen LogP contribution in [0.3, 0.4) is 0 Å². The summed E-state index contributed by atoms with van der Waals surface area (Å²) >= 11 is 2.42. The highest BCUT2D eigenvalue weighted by molar-refractivity contribution is 8.01. The van der Waals surface area contributed by atoms with E-state index in [9.17, 15) is 18.8 Å². The maximum absolute atomic E-state index is 12.9. The Hall–Kier alpha value is -2.79. The zero-order valence-corrected chi connectivity index (χ0v) is 17.9. The fourth-order valence-electron chi connectivity index (χ4n) is 2.37. The zero-order valence-electron chi connectivity index (χ0n) is 16.3. The number of aromatic nitrogens is 3. The van der Waals surface area contributed by atoms with Crippen molar-refractivity contribution < 1.29 is 18.7 Å². The predicted octanol–water partition coefficient (Wildman–Crippen LogP) is 2.66. The van der Waals surface area contributed by atoms with Gasteiger partial charge in [-0.3, -0.25) is 14.4 Å². The van der Waals surface area contributed by atoms with Gasteiger partial charge in [-0.2, -0.15) is 9.61 Å². The molecule has 0 saturated carbocycles. The number of carbonyl (C=O) groups is 2. The van der Waals surface area contributed by atoms with Gasteiger partial charge in [0.05, 0.1) is 11.4 Å². The third-order valence-electron chi connectivity index (χ3n) is 3.93. The number of rotatable bonds is 8. The second-order valence-electron chi connectivity index (χ2n) is 6.25. The highest BCUT2D eigenvalue weighted by atomic mass is 32.2. The number of aryl methyl sites for hydroxylation is 1. The third-order valence-corrected chi connectivity index (χ3v) is 6.10. The number of benzene rings is 1. The van der Waals surface area contributed by atoms with Crippen LogP contribution < -0.4 is 10.9 Å². The van der Waals surface area contributed by atoms with Crippen molar-refractivity contribution in [2.75, 3.05) is 11.1 Å². The Balaban J connectivity index is 1.49. The molecule has 1 N–H and O–H groups in total. The van der Waals surface area contributed by atoms with Crippen LogP contribution in [0.5, 0.6) is 0 Å². The smallest absolute Gasteiger partial charge is 0.319 e. The molecule has 158 valence electrons. The van der Waals surface area contributed by atoms with E-state index in [1.807, 2.05) is 6.92 Å². The number of halogens is 1. The average molecular weight is 451 g/mol. The number of hydrogen-bond acceptors (Lipinski definition) is 8. The van der Waals surface area contributed by atoms with Crippen LogP contribution in [0.2, 0.25) is 0 Å². The molecule has 1 aromatic carbocycles. The third kappa shape index (κ3) is 5.63. The van der Waals surface area contributed by atoms with Crippen LogP contribution in [0.1, 0.15) is 24.5 Å². The van der Waals surface area contributed by atoms with Gasteiger partial charge in [0.15, 0.2) is 0 Å². The minimum absolute atomic E-state index is 0.0276. The molecular weight excluding hydrogens is 431 g/mol. The Kier molecular flexibility index (Phi) is 7.16. The molecule has 0 aliphatic heterocycles. The lowest BCUT2D eigenvalue weighted by molar-refractivity contribution is -0.144. The topological polar surface area (TPSA) is 103 Å². The van der Waals surface area contributed by atoms with E-state index in [1.165, 1.54) is 46.2 Å². The summed E-state index contributed by atoms with van der Waals surface area (Å²) in [6.45, 7) is 3.42. The van der Waals surface area contributed by atoms with Crippen molar-refractivity contribution in [3.8, 4) is 0 Å². The maximum atomic E-state index is 12.9. The van der Waals surface area contributed by atoms with E-state index in [1.54, 1.807) is 6.92 Å². The number of esters is 1. The van der Waals surface area contributed by atoms with Crippen LogP contribution in [-0.2, 0) is 27.4 Å². The highest BCUT2D eigenvalue weighted by Crippen LogP contribution is 2.16. The van der Waals surface area contributed by atoms with Crippen molar-refractivity contribution in [3.63, 3.8) is 0 Å². The second-order valence-corrected chi connectivity index (χ2v) is 8.62. The number of anilines is 1. The first-order chi connectivity index (χ1) is 14.4. The number of fused-ring (bicyclic) bond motifs is 1. The first-order valence-electron chi connectivity index (χ1n) is 9.08. The van der Waals surface area contributed by atoms with Crippen molar-refractivity contribution in [1.82, 2.24) is 14.6 Å². The summed E-state index contributed by atoms with van der Waals surface area (Å²) in [6, 6.07) is 6.68. The molecular formula is C19H19FN4O4S2. The van der Waals surface area contributed by atoms with Gasteiger partial charge in [-0.25, -0.2) is 9.37 Å². The minimum atomic E-state index is -0.594. The Morgan fingerprint density at radius 3 is 2.77 bits per heavy atom. The van der Waals surface area contributed by atoms with Crippen LogP contribution in [0, 0.1) is 5.82 Å². The summed E-state index contributed by atoms with van der Waals surface area (Å²) in [5.41, 5.74) is 0.479. The fraction of sp³-hybridized carbons (Fsp3) is 0.316. The van der Waals surface area contributed by atoms with E-state index in [4.69, 9.17) is 4.74 Å². The van der Waals surface area contributed by atoms with E-state index in [-0.39, 0.29) is 23.8 Å². The SMILES string of the molecule is CCc1nn2c(=O)cc(COC(=O)C(C)SCC(=O)Nc3ccc(F)cc3)nc2s1. The number of thioether (sulfide) groups is 1. The Labute approximate surface area is 179 Å². The van der Waals surface area contributed by atoms with Gasteiger partial charge in [-0.1, -0.05) is 18.3 Å². The van der Waals surface area contributed by atoms with E-state index in [2.05, 4.69) is 15.4 Å². The van der Waals surface area contributed by atoms with Gasteiger partial charge in [0, 0.05) is 11.8 Å². The molecule has 3 rings (SSSR count). The van der Waals surface area contributed by atoms with Gasteiger partial charge in [-0.05, 0) is 37.6 Å². The van der Waals surface area contributed by atoms with Gasteiger partial charge >= 0.3 is 5.97 Å². The predicted molar refractivity (Wildman–Crippen MR) is 113 cm³/mol. The molecule has 30 heavy (non-hydrogen) atoms. The van der Waals surface area contributed by atoms with Gasteiger partial charge in [0.1, 0.15) is 22.7 Å². The number of ether oxygens (including phenoxy) is 1. The van der Waals surface area contributed by atoms with Crippen LogP contribution in [0.4, 0.5) is 10.1 Å². The van der Waals surface area contributed by atoms with E-state index in [0.717, 1.165) is 16.8 Å². The van der Waals surface area contributed by atoms with Crippen LogP contribution >= 0.6 is 23.1 Å². The molecule has 8 nitrogen and oxygen atoms in total. The molecule has 1 unspecified atom stereocenters. The molecule has 0 spiro atoms. The second kappa shape index (κ2) is 9.81. The van der Waals surface area contributed by atoms with Crippen molar-refractivity contribution in [3.05, 3.63) is 57.2 Å². The molecule has 0 saturated heterocycles. The molecule has 0 radical (unpaired) electrons. The quantitative estimate of drug-likeness (QED) is 0.526. The molecule has 11 heteroatoms. The lowest BCUT2D eigenvalue weighted by Gasteiger charge is -2.11. The Morgan fingerprint density at radius 1 is 1.33 bits per heavy atom. The van der Waals surface area contributed by atoms with Gasteiger partial charge < -0.3 is 10.1 Å². The first kappa shape index (κ1) is 21.9. The summed E-state index contributed by atoms with van der Waals surface area (Å²) in [7, 11) is 0. The lowest BCUT2D eigenvalue weighted by Crippen LogP contribution is -2.22. The lowest BCUT2D eigenvalue weighted by atomic mass is 10.3.